The third kappa shape index (κ3) is 1.41. The molecule has 0 saturated carbocycles. The van der Waals surface area contributed by atoms with E-state index in [2.05, 4.69) is 0 Å². The van der Waals surface area contributed by atoms with Crippen molar-refractivity contribution in [2.24, 2.45) is 0 Å². The second-order valence-corrected chi connectivity index (χ2v) is 4.30. The van der Waals surface area contributed by atoms with Crippen LogP contribution in [0.4, 0.5) is 5.69 Å². The lowest BCUT2D eigenvalue weighted by atomic mass is 10.1. The van der Waals surface area contributed by atoms with Gasteiger partial charge in [0.1, 0.15) is 0 Å². The minimum atomic E-state index is -0.451. The standard InChI is InChI=1S/C9H6INO3/c10-7-3-5-1-2-9(12)6(5)4-8(7)11(13)14/h3-4H,1-2H2. The molecular formula is C9H6INO3. The van der Waals surface area contributed by atoms with E-state index in [9.17, 15) is 14.9 Å². The molecule has 0 atom stereocenters. The fraction of sp³-hybridized carbons (Fsp3) is 0.222. The number of carbonyl (C=O) groups is 1. The number of nitro benzene ring substituents is 1. The molecule has 72 valence electrons. The van der Waals surface area contributed by atoms with Crippen LogP contribution in [0.5, 0.6) is 0 Å². The van der Waals surface area contributed by atoms with Gasteiger partial charge in [-0.05, 0) is 40.6 Å². The van der Waals surface area contributed by atoms with E-state index in [-0.39, 0.29) is 11.5 Å². The normalized spacial score (nSPS) is 14.2. The summed E-state index contributed by atoms with van der Waals surface area (Å²) in [7, 11) is 0. The van der Waals surface area contributed by atoms with E-state index in [1.165, 1.54) is 6.07 Å². The van der Waals surface area contributed by atoms with Crippen LogP contribution in [-0.2, 0) is 6.42 Å². The van der Waals surface area contributed by atoms with Gasteiger partial charge < -0.3 is 0 Å². The first-order valence-corrected chi connectivity index (χ1v) is 5.17. The lowest BCUT2D eigenvalue weighted by molar-refractivity contribution is -0.385. The van der Waals surface area contributed by atoms with Crippen molar-refractivity contribution in [1.29, 1.82) is 0 Å². The summed E-state index contributed by atoms with van der Waals surface area (Å²) in [5.74, 6) is 0.0134. The van der Waals surface area contributed by atoms with E-state index in [1.54, 1.807) is 6.07 Å². The van der Waals surface area contributed by atoms with Gasteiger partial charge in [0.2, 0.25) is 0 Å². The summed E-state index contributed by atoms with van der Waals surface area (Å²) in [6.07, 6.45) is 1.19. The SMILES string of the molecule is O=C1CCc2cc(I)c([N+](=O)[O-])cc21. The van der Waals surface area contributed by atoms with Crippen LogP contribution in [0.2, 0.25) is 0 Å². The summed E-state index contributed by atoms with van der Waals surface area (Å²) in [6.45, 7) is 0. The quantitative estimate of drug-likeness (QED) is 0.454. The molecule has 1 aromatic rings. The van der Waals surface area contributed by atoms with Crippen LogP contribution in [0.3, 0.4) is 0 Å². The predicted molar refractivity (Wildman–Crippen MR) is 58.5 cm³/mol. The average Bonchev–Trinajstić information content (AvgIpc) is 2.46. The van der Waals surface area contributed by atoms with Gasteiger partial charge in [0, 0.05) is 18.1 Å². The number of Topliss-reactive ketones (excluding diaryl/α,β-unsaturated/α-hetero) is 1. The van der Waals surface area contributed by atoms with E-state index in [1.807, 2.05) is 22.6 Å². The number of benzene rings is 1. The largest absolute Gasteiger partial charge is 0.294 e. The molecule has 0 N–H and O–H groups in total. The first-order chi connectivity index (χ1) is 6.59. The average molecular weight is 303 g/mol. The van der Waals surface area contributed by atoms with Gasteiger partial charge >= 0.3 is 0 Å². The van der Waals surface area contributed by atoms with Gasteiger partial charge in [-0.2, -0.15) is 0 Å². The fourth-order valence-electron chi connectivity index (χ4n) is 1.59. The highest BCUT2D eigenvalue weighted by molar-refractivity contribution is 14.1. The third-order valence-electron chi connectivity index (χ3n) is 2.29. The molecule has 14 heavy (non-hydrogen) atoms. The van der Waals surface area contributed by atoms with Crippen molar-refractivity contribution in [3.05, 3.63) is 36.9 Å². The number of hydrogen-bond acceptors (Lipinski definition) is 3. The summed E-state index contributed by atoms with van der Waals surface area (Å²) in [4.78, 5) is 21.5. The number of nitro groups is 1. The highest BCUT2D eigenvalue weighted by Crippen LogP contribution is 2.30. The number of nitrogens with zero attached hydrogens (tertiary/aromatic N) is 1. The Morgan fingerprint density at radius 1 is 1.36 bits per heavy atom. The van der Waals surface area contributed by atoms with Crippen LogP contribution in [0.15, 0.2) is 12.1 Å². The topological polar surface area (TPSA) is 60.2 Å². The molecule has 4 nitrogen and oxygen atoms in total. The van der Waals surface area contributed by atoms with Gasteiger partial charge in [-0.25, -0.2) is 0 Å². The lowest BCUT2D eigenvalue weighted by Gasteiger charge is -1.99. The lowest BCUT2D eigenvalue weighted by Crippen LogP contribution is -1.97. The van der Waals surface area contributed by atoms with Crippen molar-refractivity contribution in [3.8, 4) is 0 Å². The second kappa shape index (κ2) is 3.30. The molecular weight excluding hydrogens is 297 g/mol. The van der Waals surface area contributed by atoms with E-state index >= 15 is 0 Å². The maximum Gasteiger partial charge on any atom is 0.283 e. The van der Waals surface area contributed by atoms with Gasteiger partial charge in [-0.1, -0.05) is 0 Å². The van der Waals surface area contributed by atoms with E-state index in [4.69, 9.17) is 0 Å². The Morgan fingerprint density at radius 3 is 2.71 bits per heavy atom. The molecule has 0 aromatic heterocycles. The third-order valence-corrected chi connectivity index (χ3v) is 3.16. The maximum atomic E-state index is 11.3. The number of aryl methyl sites for hydroxylation is 1. The minimum Gasteiger partial charge on any atom is -0.294 e. The monoisotopic (exact) mass is 303 g/mol. The zero-order valence-corrected chi connectivity index (χ0v) is 9.28. The summed E-state index contributed by atoms with van der Waals surface area (Å²) in [5.41, 5.74) is 1.49. The molecule has 1 aliphatic carbocycles. The van der Waals surface area contributed by atoms with Crippen LogP contribution in [-0.4, -0.2) is 10.7 Å². The van der Waals surface area contributed by atoms with Crippen molar-refractivity contribution in [3.63, 3.8) is 0 Å². The number of halogens is 1. The van der Waals surface area contributed by atoms with Crippen LogP contribution in [0.25, 0.3) is 0 Å². The van der Waals surface area contributed by atoms with Crippen molar-refractivity contribution in [2.75, 3.05) is 0 Å². The molecule has 1 aromatic carbocycles. The summed E-state index contributed by atoms with van der Waals surface area (Å²) in [6, 6.07) is 3.13. The highest BCUT2D eigenvalue weighted by atomic mass is 127. The number of ketones is 1. The second-order valence-electron chi connectivity index (χ2n) is 3.14. The maximum absolute atomic E-state index is 11.3. The Bertz CT molecular complexity index is 441. The molecule has 2 rings (SSSR count). The molecule has 0 heterocycles. The van der Waals surface area contributed by atoms with Crippen LogP contribution in [0, 0.1) is 13.7 Å². The zero-order chi connectivity index (χ0) is 10.3. The van der Waals surface area contributed by atoms with Gasteiger partial charge in [0.25, 0.3) is 5.69 Å². The van der Waals surface area contributed by atoms with Gasteiger partial charge in [-0.3, -0.25) is 14.9 Å². The molecule has 0 bridgehead atoms. The van der Waals surface area contributed by atoms with Crippen molar-refractivity contribution in [1.82, 2.24) is 0 Å². The Morgan fingerprint density at radius 2 is 2.07 bits per heavy atom. The molecule has 0 fully saturated rings. The zero-order valence-electron chi connectivity index (χ0n) is 7.12. The molecule has 5 heteroatoms. The van der Waals surface area contributed by atoms with E-state index in [0.717, 1.165) is 5.56 Å². The van der Waals surface area contributed by atoms with Gasteiger partial charge in [0.05, 0.1) is 8.49 Å². The minimum absolute atomic E-state index is 0.0134. The number of rotatable bonds is 1. The molecule has 0 radical (unpaired) electrons. The van der Waals surface area contributed by atoms with Crippen LogP contribution in [0.1, 0.15) is 22.3 Å². The molecule has 0 spiro atoms. The van der Waals surface area contributed by atoms with Crippen LogP contribution >= 0.6 is 22.6 Å². The highest BCUT2D eigenvalue weighted by Gasteiger charge is 2.24. The van der Waals surface area contributed by atoms with Crippen molar-refractivity contribution < 1.29 is 9.72 Å². The molecule has 0 aliphatic heterocycles. The van der Waals surface area contributed by atoms with Crippen LogP contribution < -0.4 is 0 Å². The molecule has 0 unspecified atom stereocenters. The van der Waals surface area contributed by atoms with E-state index in [0.29, 0.717) is 22.0 Å². The summed E-state index contributed by atoms with van der Waals surface area (Å²) >= 11 is 1.92. The molecule has 0 saturated heterocycles. The number of carbonyl (C=O) groups excluding carboxylic acids is 1. The fourth-order valence-corrected chi connectivity index (χ4v) is 2.32. The Kier molecular flexibility index (Phi) is 2.26. The Hall–Kier alpha value is -0.980. The molecule has 1 aliphatic rings. The first kappa shape index (κ1) is 9.57. The Labute approximate surface area is 93.6 Å². The van der Waals surface area contributed by atoms with Gasteiger partial charge in [0.15, 0.2) is 5.78 Å². The smallest absolute Gasteiger partial charge is 0.283 e. The van der Waals surface area contributed by atoms with E-state index < -0.39 is 4.92 Å². The summed E-state index contributed by atoms with van der Waals surface area (Å²) in [5, 5.41) is 10.6. The Balaban J connectivity index is 2.62. The predicted octanol–water partition coefficient (Wildman–Crippen LogP) is 2.33. The first-order valence-electron chi connectivity index (χ1n) is 4.09. The number of hydrogen-bond donors (Lipinski definition) is 0. The van der Waals surface area contributed by atoms with Crippen molar-refractivity contribution >= 4 is 34.1 Å². The summed E-state index contributed by atoms with van der Waals surface area (Å²) < 4.78 is 0.598. The van der Waals surface area contributed by atoms with Gasteiger partial charge in [-0.15, -0.1) is 0 Å². The van der Waals surface area contributed by atoms with Crippen molar-refractivity contribution in [2.45, 2.75) is 12.8 Å². The molecule has 0 amide bonds. The number of fused-ring (bicyclic) bond motifs is 1.